The Labute approximate surface area is 108 Å². The van der Waals surface area contributed by atoms with Gasteiger partial charge in [0.05, 0.1) is 5.56 Å². The van der Waals surface area contributed by atoms with Crippen LogP contribution in [0.5, 0.6) is 0 Å². The fourth-order valence-electron chi connectivity index (χ4n) is 1.81. The van der Waals surface area contributed by atoms with Gasteiger partial charge in [-0.3, -0.25) is 0 Å². The third-order valence-electron chi connectivity index (χ3n) is 2.96. The SMILES string of the molecule is CC(C)(CCO)CNCc1ccccc1C(=O)O. The molecule has 0 unspecified atom stereocenters. The van der Waals surface area contributed by atoms with Gasteiger partial charge in [-0.25, -0.2) is 4.79 Å². The lowest BCUT2D eigenvalue weighted by Crippen LogP contribution is -2.30. The second kappa shape index (κ2) is 6.52. The monoisotopic (exact) mass is 251 g/mol. The van der Waals surface area contributed by atoms with Crippen molar-refractivity contribution in [1.82, 2.24) is 5.32 Å². The Morgan fingerprint density at radius 1 is 1.33 bits per heavy atom. The molecule has 0 aliphatic heterocycles. The molecule has 1 rings (SSSR count). The summed E-state index contributed by atoms with van der Waals surface area (Å²) in [7, 11) is 0. The minimum atomic E-state index is -0.901. The van der Waals surface area contributed by atoms with E-state index in [-0.39, 0.29) is 12.0 Å². The highest BCUT2D eigenvalue weighted by atomic mass is 16.4. The van der Waals surface area contributed by atoms with Crippen LogP contribution in [0.25, 0.3) is 0 Å². The molecule has 0 aromatic heterocycles. The van der Waals surface area contributed by atoms with Crippen LogP contribution in [0.2, 0.25) is 0 Å². The van der Waals surface area contributed by atoms with Crippen molar-refractivity contribution in [2.24, 2.45) is 5.41 Å². The van der Waals surface area contributed by atoms with Crippen LogP contribution in [0.15, 0.2) is 24.3 Å². The number of hydrogen-bond acceptors (Lipinski definition) is 3. The second-order valence-corrected chi connectivity index (χ2v) is 5.20. The highest BCUT2D eigenvalue weighted by Gasteiger charge is 2.17. The topological polar surface area (TPSA) is 69.6 Å². The lowest BCUT2D eigenvalue weighted by atomic mass is 9.89. The largest absolute Gasteiger partial charge is 0.478 e. The van der Waals surface area contributed by atoms with E-state index in [0.29, 0.717) is 12.1 Å². The summed E-state index contributed by atoms with van der Waals surface area (Å²) in [5, 5.41) is 21.2. The van der Waals surface area contributed by atoms with Crippen LogP contribution in [-0.4, -0.2) is 29.3 Å². The van der Waals surface area contributed by atoms with Crippen LogP contribution in [0.4, 0.5) is 0 Å². The van der Waals surface area contributed by atoms with Crippen LogP contribution < -0.4 is 5.32 Å². The maximum absolute atomic E-state index is 11.0. The van der Waals surface area contributed by atoms with Gasteiger partial charge in [0.2, 0.25) is 0 Å². The standard InChI is InChI=1S/C14H21NO3/c1-14(2,7-8-16)10-15-9-11-5-3-4-6-12(11)13(17)18/h3-6,15-16H,7-10H2,1-2H3,(H,17,18). The smallest absolute Gasteiger partial charge is 0.336 e. The van der Waals surface area contributed by atoms with Gasteiger partial charge in [0.25, 0.3) is 0 Å². The number of benzene rings is 1. The van der Waals surface area contributed by atoms with Gasteiger partial charge in [-0.05, 0) is 23.5 Å². The van der Waals surface area contributed by atoms with Crippen molar-refractivity contribution in [3.63, 3.8) is 0 Å². The molecule has 4 nitrogen and oxygen atoms in total. The molecule has 0 saturated carbocycles. The fraction of sp³-hybridized carbons (Fsp3) is 0.500. The Morgan fingerprint density at radius 3 is 2.61 bits per heavy atom. The first-order valence-electron chi connectivity index (χ1n) is 6.09. The predicted molar refractivity (Wildman–Crippen MR) is 70.6 cm³/mol. The summed E-state index contributed by atoms with van der Waals surface area (Å²) < 4.78 is 0. The average Bonchev–Trinajstić information content (AvgIpc) is 2.29. The van der Waals surface area contributed by atoms with Gasteiger partial charge in [-0.1, -0.05) is 32.0 Å². The van der Waals surface area contributed by atoms with Gasteiger partial charge < -0.3 is 15.5 Å². The summed E-state index contributed by atoms with van der Waals surface area (Å²) >= 11 is 0. The zero-order valence-corrected chi connectivity index (χ0v) is 10.9. The average molecular weight is 251 g/mol. The van der Waals surface area contributed by atoms with Gasteiger partial charge in [0, 0.05) is 19.7 Å². The molecule has 0 aliphatic rings. The van der Waals surface area contributed by atoms with Gasteiger partial charge in [-0.2, -0.15) is 0 Å². The Balaban J connectivity index is 2.56. The molecule has 0 saturated heterocycles. The maximum atomic E-state index is 11.0. The Kier molecular flexibility index (Phi) is 5.31. The van der Waals surface area contributed by atoms with Crippen LogP contribution in [0.3, 0.4) is 0 Å². The summed E-state index contributed by atoms with van der Waals surface area (Å²) in [6.07, 6.45) is 0.723. The first-order chi connectivity index (χ1) is 8.46. The molecule has 1 aromatic rings. The van der Waals surface area contributed by atoms with Crippen LogP contribution in [0, 0.1) is 5.41 Å². The van der Waals surface area contributed by atoms with Crippen molar-refractivity contribution < 1.29 is 15.0 Å². The van der Waals surface area contributed by atoms with Crippen LogP contribution >= 0.6 is 0 Å². The molecular formula is C14H21NO3. The number of carboxylic acids is 1. The number of aromatic carboxylic acids is 1. The molecular weight excluding hydrogens is 230 g/mol. The van der Waals surface area contributed by atoms with Crippen molar-refractivity contribution in [3.05, 3.63) is 35.4 Å². The van der Waals surface area contributed by atoms with E-state index >= 15 is 0 Å². The third-order valence-corrected chi connectivity index (χ3v) is 2.96. The van der Waals surface area contributed by atoms with Crippen molar-refractivity contribution >= 4 is 5.97 Å². The van der Waals surface area contributed by atoms with E-state index in [1.807, 2.05) is 12.1 Å². The summed E-state index contributed by atoms with van der Waals surface area (Å²) in [4.78, 5) is 11.0. The first-order valence-corrected chi connectivity index (χ1v) is 6.09. The third kappa shape index (κ3) is 4.47. The number of aliphatic hydroxyl groups is 1. The molecule has 0 bridgehead atoms. The van der Waals surface area contributed by atoms with Crippen molar-refractivity contribution in [3.8, 4) is 0 Å². The minimum absolute atomic E-state index is 0.00686. The molecule has 0 aliphatic carbocycles. The number of hydrogen-bond donors (Lipinski definition) is 3. The predicted octanol–water partition coefficient (Wildman–Crippen LogP) is 1.88. The highest BCUT2D eigenvalue weighted by molar-refractivity contribution is 5.89. The van der Waals surface area contributed by atoms with Gasteiger partial charge in [0.1, 0.15) is 0 Å². The van der Waals surface area contributed by atoms with Crippen molar-refractivity contribution in [1.29, 1.82) is 0 Å². The zero-order chi connectivity index (χ0) is 13.6. The summed E-state index contributed by atoms with van der Waals surface area (Å²) in [6.45, 7) is 5.57. The number of carbonyl (C=O) groups is 1. The Bertz CT molecular complexity index is 402. The quantitative estimate of drug-likeness (QED) is 0.692. The van der Waals surface area contributed by atoms with E-state index in [9.17, 15) is 4.79 Å². The number of rotatable bonds is 7. The van der Waals surface area contributed by atoms with E-state index in [2.05, 4.69) is 19.2 Å². The molecule has 0 amide bonds. The Hall–Kier alpha value is -1.39. The molecule has 0 atom stereocenters. The highest BCUT2D eigenvalue weighted by Crippen LogP contribution is 2.18. The maximum Gasteiger partial charge on any atom is 0.336 e. The van der Waals surface area contributed by atoms with Gasteiger partial charge in [-0.15, -0.1) is 0 Å². The van der Waals surface area contributed by atoms with Crippen molar-refractivity contribution in [2.75, 3.05) is 13.2 Å². The van der Waals surface area contributed by atoms with E-state index in [0.717, 1.165) is 18.5 Å². The van der Waals surface area contributed by atoms with Crippen molar-refractivity contribution in [2.45, 2.75) is 26.8 Å². The molecule has 0 spiro atoms. The summed E-state index contributed by atoms with van der Waals surface area (Å²) in [6, 6.07) is 6.98. The van der Waals surface area contributed by atoms with Gasteiger partial charge >= 0.3 is 5.97 Å². The lowest BCUT2D eigenvalue weighted by molar-refractivity contribution is 0.0695. The molecule has 4 heteroatoms. The number of nitrogens with one attached hydrogen (secondary N) is 1. The molecule has 18 heavy (non-hydrogen) atoms. The second-order valence-electron chi connectivity index (χ2n) is 5.20. The molecule has 0 fully saturated rings. The van der Waals surface area contributed by atoms with Crippen LogP contribution in [0.1, 0.15) is 36.2 Å². The normalized spacial score (nSPS) is 11.5. The zero-order valence-electron chi connectivity index (χ0n) is 10.9. The van der Waals surface area contributed by atoms with Gasteiger partial charge in [0.15, 0.2) is 0 Å². The molecule has 0 heterocycles. The molecule has 1 aromatic carbocycles. The summed E-state index contributed by atoms with van der Waals surface area (Å²) in [5.74, 6) is -0.901. The number of carboxylic acid groups (broad SMARTS) is 1. The molecule has 3 N–H and O–H groups in total. The Morgan fingerprint density at radius 2 is 2.00 bits per heavy atom. The van der Waals surface area contributed by atoms with E-state index in [1.165, 1.54) is 0 Å². The first kappa shape index (κ1) is 14.7. The minimum Gasteiger partial charge on any atom is -0.478 e. The molecule has 100 valence electrons. The fourth-order valence-corrected chi connectivity index (χ4v) is 1.81. The van der Waals surface area contributed by atoms with Crippen LogP contribution in [-0.2, 0) is 6.54 Å². The van der Waals surface area contributed by atoms with E-state index < -0.39 is 5.97 Å². The number of aliphatic hydroxyl groups excluding tert-OH is 1. The summed E-state index contributed by atoms with van der Waals surface area (Å²) in [5.41, 5.74) is 1.13. The lowest BCUT2D eigenvalue weighted by Gasteiger charge is -2.24. The van der Waals surface area contributed by atoms with E-state index in [1.54, 1.807) is 12.1 Å². The van der Waals surface area contributed by atoms with E-state index in [4.69, 9.17) is 10.2 Å². The molecule has 0 radical (unpaired) electrons.